The molecule has 1 N–H and O–H groups in total. The van der Waals surface area contributed by atoms with Crippen LogP contribution in [0, 0.1) is 5.41 Å². The molecule has 6 nitrogen and oxygen atoms in total. The second-order valence-electron chi connectivity index (χ2n) is 7.32. The quantitative estimate of drug-likeness (QED) is 0.844. The Morgan fingerprint density at radius 1 is 1.31 bits per heavy atom. The molecule has 2 aliphatic heterocycles. The number of carboxylic acid groups (broad SMARTS) is 1. The van der Waals surface area contributed by atoms with Crippen LogP contribution in [0.4, 0.5) is 0 Å². The van der Waals surface area contributed by atoms with E-state index in [1.165, 1.54) is 0 Å². The summed E-state index contributed by atoms with van der Waals surface area (Å²) in [5.74, 6) is 0.494. The van der Waals surface area contributed by atoms with Crippen LogP contribution in [0.3, 0.4) is 0 Å². The summed E-state index contributed by atoms with van der Waals surface area (Å²) in [7, 11) is 5.20. The van der Waals surface area contributed by atoms with E-state index in [9.17, 15) is 9.90 Å². The molecule has 144 valence electrons. The van der Waals surface area contributed by atoms with Gasteiger partial charge >= 0.3 is 5.97 Å². The van der Waals surface area contributed by atoms with Crippen molar-refractivity contribution in [1.82, 2.24) is 9.80 Å². The summed E-state index contributed by atoms with van der Waals surface area (Å²) >= 11 is 6.52. The molecule has 2 saturated heterocycles. The second kappa shape index (κ2) is 7.62. The van der Waals surface area contributed by atoms with Gasteiger partial charge < -0.3 is 19.5 Å². The fourth-order valence-electron chi connectivity index (χ4n) is 4.48. The van der Waals surface area contributed by atoms with Gasteiger partial charge in [0, 0.05) is 19.1 Å². The first-order valence-electron chi connectivity index (χ1n) is 8.98. The van der Waals surface area contributed by atoms with Crippen molar-refractivity contribution in [2.75, 3.05) is 40.9 Å². The summed E-state index contributed by atoms with van der Waals surface area (Å²) in [6.07, 6.45) is 2.38. The number of benzene rings is 1. The van der Waals surface area contributed by atoms with Gasteiger partial charge in [-0.1, -0.05) is 17.7 Å². The van der Waals surface area contributed by atoms with Gasteiger partial charge in [-0.2, -0.15) is 0 Å². The molecule has 0 radical (unpaired) electrons. The van der Waals surface area contributed by atoms with Crippen LogP contribution >= 0.6 is 11.6 Å². The Bertz CT molecular complexity index is 684. The van der Waals surface area contributed by atoms with Gasteiger partial charge in [-0.3, -0.25) is 9.69 Å². The van der Waals surface area contributed by atoms with Crippen LogP contribution in [-0.2, 0) is 11.3 Å². The van der Waals surface area contributed by atoms with Crippen molar-refractivity contribution < 1.29 is 19.4 Å². The number of methoxy groups -OCH3 is 2. The predicted octanol–water partition coefficient (Wildman–Crippen LogP) is 2.73. The smallest absolute Gasteiger partial charge is 0.311 e. The number of likely N-dealkylation sites (tertiary alicyclic amines) is 2. The fourth-order valence-corrected chi connectivity index (χ4v) is 4.77. The van der Waals surface area contributed by atoms with Gasteiger partial charge in [-0.05, 0) is 51.0 Å². The monoisotopic (exact) mass is 382 g/mol. The number of rotatable bonds is 5. The van der Waals surface area contributed by atoms with Gasteiger partial charge in [0.05, 0.1) is 24.7 Å². The standard InChI is InChI=1S/C19H27ClN2O4/c1-21-9-4-7-19(18(23)24)8-10-22(12-15(19)21)11-13-5-6-14(25-2)17(26-3)16(13)20/h5-6,15H,4,7-12H2,1-3H3,(H,23,24)/t15-,19+/m1/s1. The minimum atomic E-state index is -0.655. The van der Waals surface area contributed by atoms with Gasteiger partial charge in [-0.25, -0.2) is 0 Å². The van der Waals surface area contributed by atoms with Gasteiger partial charge in [0.25, 0.3) is 0 Å². The first kappa shape index (κ1) is 19.3. The molecule has 2 aliphatic rings. The van der Waals surface area contributed by atoms with E-state index in [4.69, 9.17) is 21.1 Å². The van der Waals surface area contributed by atoms with Crippen molar-refractivity contribution >= 4 is 17.6 Å². The average Bonchev–Trinajstić information content (AvgIpc) is 2.63. The molecule has 1 aromatic rings. The lowest BCUT2D eigenvalue weighted by atomic mass is 9.68. The van der Waals surface area contributed by atoms with Gasteiger partial charge in [0.15, 0.2) is 11.5 Å². The lowest BCUT2D eigenvalue weighted by Crippen LogP contribution is -2.62. The molecule has 1 aromatic carbocycles. The Hall–Kier alpha value is -1.50. The lowest BCUT2D eigenvalue weighted by Gasteiger charge is -2.51. The number of nitrogens with zero attached hydrogens (tertiary/aromatic N) is 2. The third kappa shape index (κ3) is 3.26. The van der Waals surface area contributed by atoms with Crippen LogP contribution in [0.5, 0.6) is 11.5 Å². The van der Waals surface area contributed by atoms with Crippen LogP contribution < -0.4 is 9.47 Å². The number of piperidine rings is 2. The Balaban J connectivity index is 1.80. The third-order valence-electron chi connectivity index (χ3n) is 5.99. The molecule has 7 heteroatoms. The number of fused-ring (bicyclic) bond motifs is 1. The maximum atomic E-state index is 12.0. The number of carboxylic acids is 1. The van der Waals surface area contributed by atoms with Crippen LogP contribution in [-0.4, -0.2) is 67.8 Å². The Kier molecular flexibility index (Phi) is 5.65. The van der Waals surface area contributed by atoms with E-state index in [0.29, 0.717) is 29.5 Å². The summed E-state index contributed by atoms with van der Waals surface area (Å²) in [6.45, 7) is 3.10. The van der Waals surface area contributed by atoms with Crippen LogP contribution in [0.25, 0.3) is 0 Å². The lowest BCUT2D eigenvalue weighted by molar-refractivity contribution is -0.162. The molecular weight excluding hydrogens is 356 g/mol. The molecule has 0 aliphatic carbocycles. The highest BCUT2D eigenvalue weighted by Crippen LogP contribution is 2.43. The molecule has 0 unspecified atom stereocenters. The van der Waals surface area contributed by atoms with Crippen LogP contribution in [0.15, 0.2) is 12.1 Å². The van der Waals surface area contributed by atoms with E-state index in [1.54, 1.807) is 14.2 Å². The normalized spacial score (nSPS) is 27.0. The minimum absolute atomic E-state index is 0.0291. The SMILES string of the molecule is COc1ccc(CN2CC[C@@]3(C(=O)O)CCCN(C)[C@@H]3C2)c(Cl)c1OC. The third-order valence-corrected chi connectivity index (χ3v) is 6.41. The predicted molar refractivity (Wildman–Crippen MR) is 100 cm³/mol. The van der Waals surface area contributed by atoms with Crippen molar-refractivity contribution in [1.29, 1.82) is 0 Å². The van der Waals surface area contributed by atoms with Gasteiger partial charge in [0.1, 0.15) is 0 Å². The van der Waals surface area contributed by atoms with Crippen molar-refractivity contribution in [2.45, 2.75) is 31.8 Å². The molecule has 2 atom stereocenters. The first-order chi connectivity index (χ1) is 12.4. The average molecular weight is 383 g/mol. The molecule has 0 saturated carbocycles. The van der Waals surface area contributed by atoms with Crippen LogP contribution in [0.2, 0.25) is 5.02 Å². The molecule has 2 heterocycles. The van der Waals surface area contributed by atoms with Gasteiger partial charge in [0.2, 0.25) is 0 Å². The zero-order valence-electron chi connectivity index (χ0n) is 15.6. The first-order valence-corrected chi connectivity index (χ1v) is 9.36. The topological polar surface area (TPSA) is 62.2 Å². The highest BCUT2D eigenvalue weighted by molar-refractivity contribution is 6.33. The summed E-state index contributed by atoms with van der Waals surface area (Å²) in [5, 5.41) is 10.4. The number of likely N-dealkylation sites (N-methyl/N-ethyl adjacent to an activating group) is 1. The van der Waals surface area contributed by atoms with E-state index >= 15 is 0 Å². The number of hydrogen-bond donors (Lipinski definition) is 1. The summed E-state index contributed by atoms with van der Waals surface area (Å²) in [4.78, 5) is 16.5. The highest BCUT2D eigenvalue weighted by atomic mass is 35.5. The maximum Gasteiger partial charge on any atom is 0.311 e. The number of hydrogen-bond acceptors (Lipinski definition) is 5. The summed E-state index contributed by atoms with van der Waals surface area (Å²) in [6, 6.07) is 3.84. The van der Waals surface area contributed by atoms with Crippen LogP contribution in [0.1, 0.15) is 24.8 Å². The van der Waals surface area contributed by atoms with Gasteiger partial charge in [-0.15, -0.1) is 0 Å². The summed E-state index contributed by atoms with van der Waals surface area (Å²) in [5.41, 5.74) is 0.343. The number of ether oxygens (including phenoxy) is 2. The fraction of sp³-hybridized carbons (Fsp3) is 0.632. The minimum Gasteiger partial charge on any atom is -0.493 e. The summed E-state index contributed by atoms with van der Waals surface area (Å²) < 4.78 is 10.7. The zero-order valence-corrected chi connectivity index (χ0v) is 16.4. The molecule has 26 heavy (non-hydrogen) atoms. The van der Waals surface area contributed by atoms with Crippen molar-refractivity contribution in [2.24, 2.45) is 5.41 Å². The Morgan fingerprint density at radius 2 is 2.08 bits per heavy atom. The van der Waals surface area contributed by atoms with E-state index in [0.717, 1.165) is 38.0 Å². The largest absolute Gasteiger partial charge is 0.493 e. The molecule has 0 aromatic heterocycles. The zero-order chi connectivity index (χ0) is 18.9. The molecule has 0 bridgehead atoms. The van der Waals surface area contributed by atoms with E-state index in [1.807, 2.05) is 19.2 Å². The van der Waals surface area contributed by atoms with Crippen molar-refractivity contribution in [3.05, 3.63) is 22.7 Å². The van der Waals surface area contributed by atoms with Crippen molar-refractivity contribution in [3.8, 4) is 11.5 Å². The second-order valence-corrected chi connectivity index (χ2v) is 7.70. The van der Waals surface area contributed by atoms with Crippen molar-refractivity contribution in [3.63, 3.8) is 0 Å². The number of carbonyl (C=O) groups is 1. The molecule has 0 spiro atoms. The number of halogens is 1. The van der Waals surface area contributed by atoms with E-state index in [-0.39, 0.29) is 6.04 Å². The van der Waals surface area contributed by atoms with E-state index < -0.39 is 11.4 Å². The van der Waals surface area contributed by atoms with E-state index in [2.05, 4.69) is 9.80 Å². The number of aliphatic carboxylic acids is 1. The molecule has 3 rings (SSSR count). The molecular formula is C19H27ClN2O4. The highest BCUT2D eigenvalue weighted by Gasteiger charge is 2.52. The Morgan fingerprint density at radius 3 is 2.73 bits per heavy atom. The maximum absolute atomic E-state index is 12.0. The molecule has 2 fully saturated rings. The Labute approximate surface area is 159 Å². The molecule has 0 amide bonds.